The topological polar surface area (TPSA) is 59.8 Å². The number of nitrogens with zero attached hydrogens (tertiary/aromatic N) is 3. The number of nitrogens with one attached hydrogen (secondary N) is 1. The normalized spacial score (nSPS) is 12.2. The second-order valence-corrected chi connectivity index (χ2v) is 5.56. The summed E-state index contributed by atoms with van der Waals surface area (Å²) in [6.07, 6.45) is 2.07. The Morgan fingerprint density at radius 2 is 2.05 bits per heavy atom. The zero-order valence-corrected chi connectivity index (χ0v) is 13.3. The van der Waals surface area contributed by atoms with Crippen molar-refractivity contribution in [2.24, 2.45) is 0 Å². The molecule has 2 aromatic heterocycles. The van der Waals surface area contributed by atoms with Gasteiger partial charge >= 0.3 is 0 Å². The van der Waals surface area contributed by atoms with Crippen LogP contribution in [0.3, 0.4) is 0 Å². The van der Waals surface area contributed by atoms with Gasteiger partial charge in [0, 0.05) is 18.3 Å². The lowest BCUT2D eigenvalue weighted by Gasteiger charge is -2.14. The molecule has 1 N–H and O–H groups in total. The summed E-state index contributed by atoms with van der Waals surface area (Å²) in [5.74, 6) is 0.544. The van der Waals surface area contributed by atoms with Crippen LogP contribution in [0.4, 0.5) is 5.82 Å². The van der Waals surface area contributed by atoms with E-state index in [9.17, 15) is 4.79 Å². The van der Waals surface area contributed by atoms with Crippen molar-refractivity contribution in [3.05, 3.63) is 40.8 Å². The second-order valence-electron chi connectivity index (χ2n) is 5.56. The number of carbonyl (C=O) groups excluding carboxylic acids is 1. The second kappa shape index (κ2) is 6.08. The maximum Gasteiger partial charge on any atom is 0.227 e. The van der Waals surface area contributed by atoms with Crippen molar-refractivity contribution in [1.29, 1.82) is 0 Å². The quantitative estimate of drug-likeness (QED) is 0.939. The van der Waals surface area contributed by atoms with Crippen LogP contribution in [0, 0.1) is 27.7 Å². The van der Waals surface area contributed by atoms with Crippen molar-refractivity contribution in [3.63, 3.8) is 0 Å². The maximum absolute atomic E-state index is 12.1. The molecule has 2 aromatic rings. The van der Waals surface area contributed by atoms with Crippen LogP contribution in [0.15, 0.2) is 18.3 Å². The van der Waals surface area contributed by atoms with Crippen LogP contribution in [-0.2, 0) is 4.79 Å². The summed E-state index contributed by atoms with van der Waals surface area (Å²) >= 11 is 0. The molecular weight excluding hydrogens is 264 g/mol. The Hall–Kier alpha value is -2.17. The van der Waals surface area contributed by atoms with Crippen molar-refractivity contribution in [1.82, 2.24) is 14.8 Å². The number of rotatable bonds is 4. The van der Waals surface area contributed by atoms with Gasteiger partial charge in [-0.2, -0.15) is 5.10 Å². The lowest BCUT2D eigenvalue weighted by Crippen LogP contribution is -2.19. The Balaban J connectivity index is 2.03. The first kappa shape index (κ1) is 15.2. The average molecular weight is 286 g/mol. The highest BCUT2D eigenvalue weighted by atomic mass is 16.1. The van der Waals surface area contributed by atoms with Gasteiger partial charge in [-0.3, -0.25) is 9.48 Å². The lowest BCUT2D eigenvalue weighted by atomic mass is 10.2. The van der Waals surface area contributed by atoms with E-state index in [4.69, 9.17) is 0 Å². The van der Waals surface area contributed by atoms with Gasteiger partial charge in [0.15, 0.2) is 0 Å². The summed E-state index contributed by atoms with van der Waals surface area (Å²) < 4.78 is 1.92. The van der Waals surface area contributed by atoms with Crippen LogP contribution >= 0.6 is 0 Å². The van der Waals surface area contributed by atoms with Gasteiger partial charge in [-0.15, -0.1) is 0 Å². The van der Waals surface area contributed by atoms with E-state index in [1.807, 2.05) is 44.5 Å². The first-order valence-electron chi connectivity index (χ1n) is 7.13. The predicted octanol–water partition coefficient (Wildman–Crippen LogP) is 3.10. The Morgan fingerprint density at radius 3 is 2.62 bits per heavy atom. The SMILES string of the molecule is Cc1ccnc(NC(=O)CC(C)n2nc(C)c(C)c2C)c1. The van der Waals surface area contributed by atoms with Gasteiger partial charge in [0.05, 0.1) is 11.7 Å². The molecule has 0 saturated carbocycles. The molecular formula is C16H22N4O. The molecule has 0 saturated heterocycles. The number of aryl methyl sites for hydroxylation is 2. The Kier molecular flexibility index (Phi) is 4.40. The van der Waals surface area contributed by atoms with Crippen molar-refractivity contribution in [2.75, 3.05) is 5.32 Å². The summed E-state index contributed by atoms with van der Waals surface area (Å²) in [6.45, 7) is 10.0. The zero-order valence-electron chi connectivity index (χ0n) is 13.3. The summed E-state index contributed by atoms with van der Waals surface area (Å²) in [4.78, 5) is 16.3. The number of hydrogen-bond acceptors (Lipinski definition) is 3. The van der Waals surface area contributed by atoms with E-state index in [0.717, 1.165) is 17.0 Å². The molecule has 0 aromatic carbocycles. The van der Waals surface area contributed by atoms with Gasteiger partial charge in [0.1, 0.15) is 5.82 Å². The lowest BCUT2D eigenvalue weighted by molar-refractivity contribution is -0.116. The zero-order chi connectivity index (χ0) is 15.6. The molecule has 1 amide bonds. The van der Waals surface area contributed by atoms with Gasteiger partial charge in [-0.1, -0.05) is 0 Å². The molecule has 0 spiro atoms. The van der Waals surface area contributed by atoms with Crippen LogP contribution in [0.25, 0.3) is 0 Å². The third kappa shape index (κ3) is 3.48. The highest BCUT2D eigenvalue weighted by Gasteiger charge is 2.16. The van der Waals surface area contributed by atoms with Crippen LogP contribution in [0.5, 0.6) is 0 Å². The summed E-state index contributed by atoms with van der Waals surface area (Å²) in [6, 6.07) is 3.77. The Morgan fingerprint density at radius 1 is 1.33 bits per heavy atom. The van der Waals surface area contributed by atoms with E-state index in [2.05, 4.69) is 22.3 Å². The highest BCUT2D eigenvalue weighted by Crippen LogP contribution is 2.19. The molecule has 0 aliphatic carbocycles. The minimum absolute atomic E-state index is 0.0159. The van der Waals surface area contributed by atoms with Crippen molar-refractivity contribution < 1.29 is 4.79 Å². The van der Waals surface area contributed by atoms with Crippen LogP contribution in [-0.4, -0.2) is 20.7 Å². The van der Waals surface area contributed by atoms with E-state index < -0.39 is 0 Å². The van der Waals surface area contributed by atoms with E-state index in [0.29, 0.717) is 12.2 Å². The number of hydrogen-bond donors (Lipinski definition) is 1. The minimum atomic E-state index is -0.0502. The number of anilines is 1. The summed E-state index contributed by atoms with van der Waals surface area (Å²) in [5.41, 5.74) is 4.38. The molecule has 1 atom stereocenters. The number of amides is 1. The fraction of sp³-hybridized carbons (Fsp3) is 0.438. The van der Waals surface area contributed by atoms with Crippen LogP contribution in [0.2, 0.25) is 0 Å². The molecule has 0 aliphatic rings. The van der Waals surface area contributed by atoms with Gasteiger partial charge in [-0.05, 0) is 57.9 Å². The van der Waals surface area contributed by atoms with Crippen LogP contribution < -0.4 is 5.32 Å². The fourth-order valence-electron chi connectivity index (χ4n) is 2.33. The molecule has 0 aliphatic heterocycles. The molecule has 1 unspecified atom stereocenters. The van der Waals surface area contributed by atoms with Gasteiger partial charge in [0.2, 0.25) is 5.91 Å². The van der Waals surface area contributed by atoms with Crippen molar-refractivity contribution in [3.8, 4) is 0 Å². The van der Waals surface area contributed by atoms with E-state index in [-0.39, 0.29) is 11.9 Å². The summed E-state index contributed by atoms with van der Waals surface area (Å²) in [7, 11) is 0. The highest BCUT2D eigenvalue weighted by molar-refractivity contribution is 5.90. The number of aromatic nitrogens is 3. The first-order valence-corrected chi connectivity index (χ1v) is 7.13. The molecule has 0 bridgehead atoms. The Bertz CT molecular complexity index is 660. The largest absolute Gasteiger partial charge is 0.311 e. The minimum Gasteiger partial charge on any atom is -0.311 e. The average Bonchev–Trinajstić information content (AvgIpc) is 2.66. The van der Waals surface area contributed by atoms with Gasteiger partial charge < -0.3 is 5.32 Å². The van der Waals surface area contributed by atoms with Gasteiger partial charge in [-0.25, -0.2) is 4.98 Å². The van der Waals surface area contributed by atoms with E-state index in [1.165, 1.54) is 5.56 Å². The molecule has 0 fully saturated rings. The molecule has 0 radical (unpaired) electrons. The summed E-state index contributed by atoms with van der Waals surface area (Å²) in [5, 5.41) is 7.34. The van der Waals surface area contributed by atoms with Gasteiger partial charge in [0.25, 0.3) is 0 Å². The molecule has 5 nitrogen and oxygen atoms in total. The maximum atomic E-state index is 12.1. The molecule has 112 valence electrons. The molecule has 2 heterocycles. The first-order chi connectivity index (χ1) is 9.88. The standard InChI is InChI=1S/C16H22N4O/c1-10-6-7-17-15(8-10)18-16(21)9-11(2)20-14(5)12(3)13(4)19-20/h6-8,11H,9H2,1-5H3,(H,17,18,21). The predicted molar refractivity (Wildman–Crippen MR) is 83.4 cm³/mol. The smallest absolute Gasteiger partial charge is 0.227 e. The molecule has 2 rings (SSSR count). The third-order valence-corrected chi connectivity index (χ3v) is 3.77. The van der Waals surface area contributed by atoms with Crippen LogP contribution in [0.1, 0.15) is 41.9 Å². The molecule has 5 heteroatoms. The molecule has 21 heavy (non-hydrogen) atoms. The van der Waals surface area contributed by atoms with Crippen molar-refractivity contribution in [2.45, 2.75) is 47.1 Å². The van der Waals surface area contributed by atoms with E-state index >= 15 is 0 Å². The number of pyridine rings is 1. The fourth-order valence-corrected chi connectivity index (χ4v) is 2.33. The van der Waals surface area contributed by atoms with E-state index in [1.54, 1.807) is 6.20 Å². The number of carbonyl (C=O) groups is 1. The Labute approximate surface area is 125 Å². The van der Waals surface area contributed by atoms with Crippen molar-refractivity contribution >= 4 is 11.7 Å². The monoisotopic (exact) mass is 286 g/mol. The third-order valence-electron chi connectivity index (χ3n) is 3.77.